The molecule has 1 aliphatic rings. The number of piperazine rings is 1. The first-order chi connectivity index (χ1) is 9.41. The average Bonchev–Trinajstić information content (AvgIpc) is 2.41. The van der Waals surface area contributed by atoms with Crippen LogP contribution >= 0.6 is 0 Å². The van der Waals surface area contributed by atoms with Crippen molar-refractivity contribution in [1.29, 1.82) is 0 Å². The number of nitro benzene ring substituents is 1. The van der Waals surface area contributed by atoms with E-state index >= 15 is 0 Å². The fourth-order valence-corrected chi connectivity index (χ4v) is 2.01. The van der Waals surface area contributed by atoms with E-state index in [0.717, 1.165) is 12.1 Å². The molecule has 0 aliphatic carbocycles. The van der Waals surface area contributed by atoms with Crippen molar-refractivity contribution in [3.8, 4) is 0 Å². The maximum Gasteiger partial charge on any atom is 0.272 e. The molecule has 0 bridgehead atoms. The Morgan fingerprint density at radius 1 is 1.55 bits per heavy atom. The monoisotopic (exact) mass is 281 g/mol. The van der Waals surface area contributed by atoms with Crippen LogP contribution in [0.1, 0.15) is 17.3 Å². The SMILES string of the molecule is CC1C(=O)NCCN1C(=O)c1ccc([N+](=O)[O-])cc1F. The summed E-state index contributed by atoms with van der Waals surface area (Å²) in [6, 6.07) is 2.12. The van der Waals surface area contributed by atoms with Gasteiger partial charge in [0.15, 0.2) is 0 Å². The fraction of sp³-hybridized carbons (Fsp3) is 0.333. The van der Waals surface area contributed by atoms with Gasteiger partial charge in [-0.15, -0.1) is 0 Å². The minimum atomic E-state index is -0.970. The number of carbonyl (C=O) groups is 2. The van der Waals surface area contributed by atoms with Crippen LogP contribution in [0.4, 0.5) is 10.1 Å². The molecule has 1 aromatic carbocycles. The highest BCUT2D eigenvalue weighted by atomic mass is 19.1. The smallest absolute Gasteiger partial charge is 0.272 e. The second-order valence-corrected chi connectivity index (χ2v) is 4.39. The molecule has 0 saturated carbocycles. The lowest BCUT2D eigenvalue weighted by atomic mass is 10.1. The highest BCUT2D eigenvalue weighted by Gasteiger charge is 2.31. The molecular weight excluding hydrogens is 269 g/mol. The summed E-state index contributed by atoms with van der Waals surface area (Å²) in [6.45, 7) is 2.10. The molecule has 7 nitrogen and oxygen atoms in total. The van der Waals surface area contributed by atoms with E-state index in [1.54, 1.807) is 0 Å². The molecule has 2 rings (SSSR count). The van der Waals surface area contributed by atoms with Gasteiger partial charge in [0, 0.05) is 19.2 Å². The Kier molecular flexibility index (Phi) is 3.64. The molecule has 106 valence electrons. The number of rotatable bonds is 2. The number of non-ortho nitro benzene ring substituents is 1. The van der Waals surface area contributed by atoms with E-state index in [2.05, 4.69) is 5.32 Å². The van der Waals surface area contributed by atoms with Crippen molar-refractivity contribution in [2.45, 2.75) is 13.0 Å². The molecule has 1 aliphatic heterocycles. The van der Waals surface area contributed by atoms with Gasteiger partial charge in [-0.2, -0.15) is 0 Å². The molecule has 1 unspecified atom stereocenters. The van der Waals surface area contributed by atoms with E-state index in [-0.39, 0.29) is 18.0 Å². The third kappa shape index (κ3) is 2.44. The highest BCUT2D eigenvalue weighted by molar-refractivity contribution is 5.98. The van der Waals surface area contributed by atoms with Gasteiger partial charge in [-0.1, -0.05) is 0 Å². The number of hydrogen-bond acceptors (Lipinski definition) is 4. The second kappa shape index (κ2) is 5.24. The molecule has 8 heteroatoms. The predicted octanol–water partition coefficient (Wildman–Crippen LogP) is 0.694. The molecule has 1 atom stereocenters. The Bertz CT molecular complexity index is 590. The first-order valence-electron chi connectivity index (χ1n) is 5.94. The number of benzene rings is 1. The molecule has 1 heterocycles. The third-order valence-corrected chi connectivity index (χ3v) is 3.15. The molecule has 0 spiro atoms. The molecule has 2 amide bonds. The Morgan fingerprint density at radius 2 is 2.25 bits per heavy atom. The van der Waals surface area contributed by atoms with E-state index in [1.165, 1.54) is 11.8 Å². The standard InChI is InChI=1S/C12H12FN3O4/c1-7-11(17)14-4-5-15(7)12(18)9-3-2-8(16(19)20)6-10(9)13/h2-3,6-7H,4-5H2,1H3,(H,14,17). The third-order valence-electron chi connectivity index (χ3n) is 3.15. The van der Waals surface area contributed by atoms with Crippen molar-refractivity contribution < 1.29 is 18.9 Å². The summed E-state index contributed by atoms with van der Waals surface area (Å²) in [5.41, 5.74) is -0.708. The first-order valence-corrected chi connectivity index (χ1v) is 5.94. The quantitative estimate of drug-likeness (QED) is 0.637. The number of halogens is 1. The molecule has 20 heavy (non-hydrogen) atoms. The molecule has 1 fully saturated rings. The first kappa shape index (κ1) is 13.9. The Hall–Kier alpha value is -2.51. The maximum absolute atomic E-state index is 13.8. The molecular formula is C12H12FN3O4. The molecule has 0 radical (unpaired) electrons. The van der Waals surface area contributed by atoms with Gasteiger partial charge >= 0.3 is 0 Å². The van der Waals surface area contributed by atoms with Gasteiger partial charge in [-0.25, -0.2) is 4.39 Å². The van der Waals surface area contributed by atoms with E-state index < -0.39 is 28.4 Å². The Balaban J connectivity index is 2.29. The topological polar surface area (TPSA) is 92.6 Å². The number of hydrogen-bond donors (Lipinski definition) is 1. The van der Waals surface area contributed by atoms with Gasteiger partial charge in [-0.3, -0.25) is 19.7 Å². The number of nitrogens with one attached hydrogen (secondary N) is 1. The van der Waals surface area contributed by atoms with Gasteiger partial charge in [0.05, 0.1) is 16.6 Å². The lowest BCUT2D eigenvalue weighted by molar-refractivity contribution is -0.385. The zero-order valence-electron chi connectivity index (χ0n) is 10.6. The minimum absolute atomic E-state index is 0.266. The normalized spacial score (nSPS) is 18.6. The zero-order valence-corrected chi connectivity index (χ0v) is 10.6. The number of amides is 2. The summed E-state index contributed by atoms with van der Waals surface area (Å²) in [5, 5.41) is 13.1. The molecule has 0 aromatic heterocycles. The largest absolute Gasteiger partial charge is 0.353 e. The van der Waals surface area contributed by atoms with Crippen molar-refractivity contribution in [3.63, 3.8) is 0 Å². The summed E-state index contributed by atoms with van der Waals surface area (Å²) in [7, 11) is 0. The average molecular weight is 281 g/mol. The minimum Gasteiger partial charge on any atom is -0.353 e. The number of nitro groups is 1. The van der Waals surface area contributed by atoms with Crippen LogP contribution in [0.2, 0.25) is 0 Å². The molecule has 1 saturated heterocycles. The van der Waals surface area contributed by atoms with Crippen LogP contribution in [0.25, 0.3) is 0 Å². The van der Waals surface area contributed by atoms with Crippen LogP contribution in [0.5, 0.6) is 0 Å². The van der Waals surface area contributed by atoms with Gasteiger partial charge in [-0.05, 0) is 13.0 Å². The van der Waals surface area contributed by atoms with E-state index in [0.29, 0.717) is 12.6 Å². The predicted molar refractivity (Wildman–Crippen MR) is 66.6 cm³/mol. The fourth-order valence-electron chi connectivity index (χ4n) is 2.01. The Labute approximate surface area is 113 Å². The van der Waals surface area contributed by atoms with E-state index in [4.69, 9.17) is 0 Å². The van der Waals surface area contributed by atoms with Gasteiger partial charge in [0.2, 0.25) is 5.91 Å². The van der Waals surface area contributed by atoms with Gasteiger partial charge in [0.25, 0.3) is 11.6 Å². The van der Waals surface area contributed by atoms with Crippen LogP contribution in [0.15, 0.2) is 18.2 Å². The summed E-state index contributed by atoms with van der Waals surface area (Å²) >= 11 is 0. The van der Waals surface area contributed by atoms with Crippen LogP contribution in [-0.4, -0.2) is 40.8 Å². The Morgan fingerprint density at radius 3 is 2.85 bits per heavy atom. The van der Waals surface area contributed by atoms with Crippen LogP contribution in [0, 0.1) is 15.9 Å². The lowest BCUT2D eigenvalue weighted by Gasteiger charge is -2.32. The molecule has 1 N–H and O–H groups in total. The van der Waals surface area contributed by atoms with Crippen LogP contribution in [-0.2, 0) is 4.79 Å². The number of nitrogens with zero attached hydrogens (tertiary/aromatic N) is 2. The van der Waals surface area contributed by atoms with Crippen molar-refractivity contribution in [2.24, 2.45) is 0 Å². The van der Waals surface area contributed by atoms with Crippen molar-refractivity contribution >= 4 is 17.5 Å². The summed E-state index contributed by atoms with van der Waals surface area (Å²) in [6.07, 6.45) is 0. The highest BCUT2D eigenvalue weighted by Crippen LogP contribution is 2.19. The van der Waals surface area contributed by atoms with Crippen LogP contribution in [0.3, 0.4) is 0 Å². The van der Waals surface area contributed by atoms with Crippen molar-refractivity contribution in [3.05, 3.63) is 39.7 Å². The maximum atomic E-state index is 13.8. The molecule has 1 aromatic rings. The lowest BCUT2D eigenvalue weighted by Crippen LogP contribution is -2.55. The zero-order chi connectivity index (χ0) is 14.9. The van der Waals surface area contributed by atoms with Crippen molar-refractivity contribution in [2.75, 3.05) is 13.1 Å². The number of carbonyl (C=O) groups excluding carboxylic acids is 2. The summed E-state index contributed by atoms with van der Waals surface area (Å²) in [4.78, 5) is 34.7. The van der Waals surface area contributed by atoms with Crippen molar-refractivity contribution in [1.82, 2.24) is 10.2 Å². The van der Waals surface area contributed by atoms with E-state index in [9.17, 15) is 24.1 Å². The van der Waals surface area contributed by atoms with Gasteiger partial charge in [0.1, 0.15) is 11.9 Å². The van der Waals surface area contributed by atoms with Gasteiger partial charge < -0.3 is 10.2 Å². The summed E-state index contributed by atoms with van der Waals surface area (Å²) < 4.78 is 13.8. The van der Waals surface area contributed by atoms with Crippen LogP contribution < -0.4 is 5.32 Å². The summed E-state index contributed by atoms with van der Waals surface area (Å²) in [5.74, 6) is -1.94. The van der Waals surface area contributed by atoms with E-state index in [1.807, 2.05) is 0 Å². The second-order valence-electron chi connectivity index (χ2n) is 4.39.